The summed E-state index contributed by atoms with van der Waals surface area (Å²) in [5.41, 5.74) is 2.25. The predicted octanol–water partition coefficient (Wildman–Crippen LogP) is 4.93. The zero-order valence-corrected chi connectivity index (χ0v) is 15.5. The van der Waals surface area contributed by atoms with Crippen LogP contribution in [-0.4, -0.2) is 8.32 Å². The third-order valence-electron chi connectivity index (χ3n) is 4.19. The van der Waals surface area contributed by atoms with Crippen LogP contribution in [0.3, 0.4) is 0 Å². The SMILES string of the molecule is C=C(C)CC[n+]1ccccc1C(=C)O[Si](C)(C)C(C)(C)C. The number of hydrogen-bond acceptors (Lipinski definition) is 1. The van der Waals surface area contributed by atoms with Crippen LogP contribution in [0.15, 0.2) is 43.1 Å². The highest BCUT2D eigenvalue weighted by Gasteiger charge is 2.40. The van der Waals surface area contributed by atoms with E-state index < -0.39 is 8.32 Å². The van der Waals surface area contributed by atoms with E-state index in [1.165, 1.54) is 5.57 Å². The number of allylic oxidation sites excluding steroid dienone is 1. The Balaban J connectivity index is 2.95. The largest absolute Gasteiger partial charge is 0.539 e. The van der Waals surface area contributed by atoms with Gasteiger partial charge in [0.25, 0.3) is 8.32 Å². The molecule has 0 radical (unpaired) electrons. The number of nitrogens with zero attached hydrogens (tertiary/aromatic N) is 1. The molecular formula is C18H30NOSi+. The number of rotatable bonds is 6. The van der Waals surface area contributed by atoms with Crippen molar-refractivity contribution in [3.05, 3.63) is 48.8 Å². The predicted molar refractivity (Wildman–Crippen MR) is 93.4 cm³/mol. The molecule has 3 heteroatoms. The van der Waals surface area contributed by atoms with Crippen molar-refractivity contribution in [1.29, 1.82) is 0 Å². The molecule has 0 spiro atoms. The van der Waals surface area contributed by atoms with Crippen molar-refractivity contribution in [1.82, 2.24) is 0 Å². The highest BCUT2D eigenvalue weighted by Crippen LogP contribution is 2.38. The van der Waals surface area contributed by atoms with Crippen LogP contribution >= 0.6 is 0 Å². The minimum atomic E-state index is -1.85. The second-order valence-electron chi connectivity index (χ2n) is 7.27. The first-order valence-corrected chi connectivity index (χ1v) is 10.5. The lowest BCUT2D eigenvalue weighted by Crippen LogP contribution is -2.43. The van der Waals surface area contributed by atoms with Crippen molar-refractivity contribution in [2.75, 3.05) is 0 Å². The molecule has 0 bridgehead atoms. The summed E-state index contributed by atoms with van der Waals surface area (Å²) in [7, 11) is -1.85. The maximum absolute atomic E-state index is 6.34. The van der Waals surface area contributed by atoms with Gasteiger partial charge in [-0.25, -0.2) is 0 Å². The smallest absolute Gasteiger partial charge is 0.250 e. The Kier molecular flexibility index (Phi) is 5.57. The van der Waals surface area contributed by atoms with E-state index in [1.54, 1.807) is 0 Å². The fraction of sp³-hybridized carbons (Fsp3) is 0.500. The van der Waals surface area contributed by atoms with Crippen LogP contribution in [0.25, 0.3) is 5.76 Å². The van der Waals surface area contributed by atoms with Gasteiger partial charge in [-0.2, -0.15) is 4.57 Å². The molecule has 2 nitrogen and oxygen atoms in total. The van der Waals surface area contributed by atoms with Crippen molar-refractivity contribution < 1.29 is 8.99 Å². The van der Waals surface area contributed by atoms with Crippen LogP contribution in [0.5, 0.6) is 0 Å². The maximum atomic E-state index is 6.34. The van der Waals surface area contributed by atoms with Gasteiger partial charge in [0.15, 0.2) is 18.5 Å². The molecule has 0 saturated heterocycles. The summed E-state index contributed by atoms with van der Waals surface area (Å²) in [5, 5.41) is 0.174. The van der Waals surface area contributed by atoms with Gasteiger partial charge >= 0.3 is 0 Å². The highest BCUT2D eigenvalue weighted by atomic mass is 28.4. The molecule has 0 aliphatic rings. The van der Waals surface area contributed by atoms with Gasteiger partial charge in [-0.3, -0.25) is 0 Å². The van der Waals surface area contributed by atoms with Crippen molar-refractivity contribution in [2.24, 2.45) is 0 Å². The molecular weight excluding hydrogens is 274 g/mol. The number of hydrogen-bond donors (Lipinski definition) is 0. The average molecular weight is 305 g/mol. The van der Waals surface area contributed by atoms with Crippen molar-refractivity contribution in [3.8, 4) is 0 Å². The molecule has 0 atom stereocenters. The standard InChI is InChI=1S/C18H30NOSi/c1-15(2)12-14-19-13-10-9-11-17(19)16(3)20-21(7,8)18(4,5)6/h9-11,13H,1,3,12,14H2,2,4-8H3/q+1. The van der Waals surface area contributed by atoms with E-state index in [-0.39, 0.29) is 5.04 Å². The lowest BCUT2D eigenvalue weighted by Gasteiger charge is -2.36. The van der Waals surface area contributed by atoms with Crippen molar-refractivity contribution >= 4 is 14.1 Å². The van der Waals surface area contributed by atoms with Crippen LogP contribution < -0.4 is 4.57 Å². The van der Waals surface area contributed by atoms with E-state index in [2.05, 4.69) is 70.8 Å². The van der Waals surface area contributed by atoms with Gasteiger partial charge in [0.05, 0.1) is 0 Å². The Bertz CT molecular complexity index is 526. The van der Waals surface area contributed by atoms with E-state index in [4.69, 9.17) is 4.43 Å². The Morgan fingerprint density at radius 1 is 1.24 bits per heavy atom. The second-order valence-corrected chi connectivity index (χ2v) is 12.0. The Morgan fingerprint density at radius 3 is 2.38 bits per heavy atom. The van der Waals surface area contributed by atoms with Crippen LogP contribution in [0.2, 0.25) is 18.1 Å². The Hall–Kier alpha value is -1.35. The molecule has 0 fully saturated rings. The van der Waals surface area contributed by atoms with Gasteiger partial charge < -0.3 is 4.43 Å². The summed E-state index contributed by atoms with van der Waals surface area (Å²) < 4.78 is 8.54. The average Bonchev–Trinajstić information content (AvgIpc) is 2.34. The van der Waals surface area contributed by atoms with E-state index in [1.807, 2.05) is 12.1 Å². The summed E-state index contributed by atoms with van der Waals surface area (Å²) in [6.07, 6.45) is 3.05. The topological polar surface area (TPSA) is 13.1 Å². The Morgan fingerprint density at radius 2 is 1.86 bits per heavy atom. The first-order valence-electron chi connectivity index (χ1n) is 7.56. The first-order chi connectivity index (χ1) is 9.54. The van der Waals surface area contributed by atoms with Gasteiger partial charge in [-0.05, 0) is 31.1 Å². The summed E-state index contributed by atoms with van der Waals surface area (Å²) in [5.74, 6) is 0.781. The fourth-order valence-corrected chi connectivity index (χ4v) is 2.78. The number of aryl methyl sites for hydroxylation is 1. The number of pyridine rings is 1. The van der Waals surface area contributed by atoms with E-state index >= 15 is 0 Å². The molecule has 1 heterocycles. The molecule has 0 unspecified atom stereocenters. The van der Waals surface area contributed by atoms with Crippen LogP contribution in [0.4, 0.5) is 0 Å². The minimum absolute atomic E-state index is 0.174. The molecule has 0 N–H and O–H groups in total. The number of aromatic nitrogens is 1. The van der Waals surface area contributed by atoms with Gasteiger partial charge in [0.1, 0.15) is 0 Å². The molecule has 0 aromatic carbocycles. The molecule has 116 valence electrons. The Labute approximate surface area is 131 Å². The van der Waals surface area contributed by atoms with Crippen LogP contribution in [0.1, 0.15) is 39.8 Å². The van der Waals surface area contributed by atoms with E-state index in [9.17, 15) is 0 Å². The first kappa shape index (κ1) is 17.7. The summed E-state index contributed by atoms with van der Waals surface area (Å²) in [4.78, 5) is 0. The fourth-order valence-electron chi connectivity index (χ4n) is 1.75. The van der Waals surface area contributed by atoms with Crippen LogP contribution in [0, 0.1) is 0 Å². The zero-order chi connectivity index (χ0) is 16.3. The summed E-state index contributed by atoms with van der Waals surface area (Å²) in [6, 6.07) is 6.15. The lowest BCUT2D eigenvalue weighted by molar-refractivity contribution is -0.699. The normalized spacial score (nSPS) is 12.1. The molecule has 0 aliphatic carbocycles. The van der Waals surface area contributed by atoms with Gasteiger partial charge in [0, 0.05) is 18.6 Å². The van der Waals surface area contributed by atoms with Crippen molar-refractivity contribution in [3.63, 3.8) is 0 Å². The molecule has 1 aromatic rings. The van der Waals surface area contributed by atoms with Gasteiger partial charge in [0.2, 0.25) is 5.69 Å². The van der Waals surface area contributed by atoms with Crippen molar-refractivity contribution in [2.45, 2.75) is 58.8 Å². The molecule has 1 aromatic heterocycles. The molecule has 0 saturated carbocycles. The zero-order valence-electron chi connectivity index (χ0n) is 14.5. The monoisotopic (exact) mass is 304 g/mol. The summed E-state index contributed by atoms with van der Waals surface area (Å²) >= 11 is 0. The molecule has 0 aliphatic heterocycles. The third kappa shape index (κ3) is 4.85. The highest BCUT2D eigenvalue weighted by molar-refractivity contribution is 6.74. The van der Waals surface area contributed by atoms with E-state index in [0.717, 1.165) is 24.4 Å². The quantitative estimate of drug-likeness (QED) is 0.314. The van der Waals surface area contributed by atoms with Gasteiger partial charge in [-0.15, -0.1) is 0 Å². The molecule has 0 amide bonds. The van der Waals surface area contributed by atoms with Crippen LogP contribution in [-0.2, 0) is 11.0 Å². The minimum Gasteiger partial charge on any atom is -0.539 e. The maximum Gasteiger partial charge on any atom is 0.250 e. The van der Waals surface area contributed by atoms with E-state index in [0.29, 0.717) is 0 Å². The lowest BCUT2D eigenvalue weighted by atomic mass is 10.2. The molecule has 1 rings (SSSR count). The second kappa shape index (κ2) is 6.61. The van der Waals surface area contributed by atoms with Gasteiger partial charge in [-0.1, -0.05) is 39.5 Å². The third-order valence-corrected chi connectivity index (χ3v) is 8.56. The molecule has 21 heavy (non-hydrogen) atoms. The summed E-state index contributed by atoms with van der Waals surface area (Å²) in [6.45, 7) is 22.4.